The van der Waals surface area contributed by atoms with Gasteiger partial charge in [0.05, 0.1) is 6.04 Å². The maximum absolute atomic E-state index is 12.3. The summed E-state index contributed by atoms with van der Waals surface area (Å²) in [4.78, 5) is 28.9. The predicted molar refractivity (Wildman–Crippen MR) is 95.6 cm³/mol. The first-order chi connectivity index (χ1) is 11.5. The molecule has 0 saturated carbocycles. The highest BCUT2D eigenvalue weighted by atomic mass is 35.5. The van der Waals surface area contributed by atoms with E-state index in [2.05, 4.69) is 15.6 Å². The van der Waals surface area contributed by atoms with E-state index in [-0.39, 0.29) is 23.7 Å². The van der Waals surface area contributed by atoms with E-state index < -0.39 is 0 Å². The van der Waals surface area contributed by atoms with Gasteiger partial charge in [0.2, 0.25) is 5.91 Å². The van der Waals surface area contributed by atoms with Crippen LogP contribution in [0.4, 0.5) is 5.13 Å². The third-order valence-corrected chi connectivity index (χ3v) is 5.41. The van der Waals surface area contributed by atoms with Crippen molar-refractivity contribution in [2.75, 3.05) is 11.9 Å². The number of benzene rings is 1. The molecule has 5 nitrogen and oxygen atoms in total. The first-order valence-corrected chi connectivity index (χ1v) is 8.95. The molecule has 24 heavy (non-hydrogen) atoms. The Morgan fingerprint density at radius 1 is 1.42 bits per heavy atom. The maximum Gasteiger partial charge on any atom is 0.243 e. The lowest BCUT2D eigenvalue weighted by atomic mass is 10.0. The molecule has 3 rings (SSSR count). The van der Waals surface area contributed by atoms with Crippen molar-refractivity contribution < 1.29 is 9.59 Å². The molecule has 126 valence electrons. The van der Waals surface area contributed by atoms with Gasteiger partial charge in [-0.2, -0.15) is 0 Å². The van der Waals surface area contributed by atoms with Gasteiger partial charge in [0.25, 0.3) is 0 Å². The predicted octanol–water partition coefficient (Wildman–Crippen LogP) is 2.89. The van der Waals surface area contributed by atoms with Gasteiger partial charge in [0.1, 0.15) is 5.78 Å². The average Bonchev–Trinajstić information content (AvgIpc) is 3.19. The molecule has 2 atom stereocenters. The molecule has 0 radical (unpaired) electrons. The molecular formula is C17H18ClN3O2S. The van der Waals surface area contributed by atoms with Crippen molar-refractivity contribution in [2.45, 2.75) is 25.8 Å². The Bertz CT molecular complexity index is 762. The first kappa shape index (κ1) is 17.1. The van der Waals surface area contributed by atoms with Crippen molar-refractivity contribution in [3.63, 3.8) is 0 Å². The number of nitrogens with one attached hydrogen (secondary N) is 2. The van der Waals surface area contributed by atoms with E-state index >= 15 is 0 Å². The number of carbonyl (C=O) groups excluding carboxylic acids is 2. The number of Topliss-reactive ketones (excluding diaryl/α,β-unsaturated/α-hetero) is 1. The number of amides is 1. The van der Waals surface area contributed by atoms with E-state index in [4.69, 9.17) is 11.6 Å². The van der Waals surface area contributed by atoms with E-state index in [1.807, 2.05) is 24.3 Å². The summed E-state index contributed by atoms with van der Waals surface area (Å²) in [5.74, 6) is -0.0979. The molecular weight excluding hydrogens is 346 g/mol. The number of hydrogen-bond acceptors (Lipinski definition) is 5. The Morgan fingerprint density at radius 2 is 2.21 bits per heavy atom. The van der Waals surface area contributed by atoms with Gasteiger partial charge in [0.15, 0.2) is 5.13 Å². The summed E-state index contributed by atoms with van der Waals surface area (Å²) in [5, 5.41) is 7.20. The van der Waals surface area contributed by atoms with Crippen molar-refractivity contribution in [2.24, 2.45) is 5.92 Å². The van der Waals surface area contributed by atoms with Crippen LogP contribution in [0.25, 0.3) is 0 Å². The maximum atomic E-state index is 12.3. The minimum Gasteiger partial charge on any atom is -0.305 e. The average molecular weight is 364 g/mol. The molecule has 0 aliphatic carbocycles. The van der Waals surface area contributed by atoms with Gasteiger partial charge in [-0.25, -0.2) is 4.98 Å². The van der Waals surface area contributed by atoms with Crippen LogP contribution in [0, 0.1) is 5.92 Å². The molecule has 1 amide bonds. The minimum atomic E-state index is -0.338. The lowest BCUT2D eigenvalue weighted by molar-refractivity contribution is -0.120. The highest BCUT2D eigenvalue weighted by Gasteiger charge is 2.32. The van der Waals surface area contributed by atoms with Crippen LogP contribution in [0.3, 0.4) is 0 Å². The molecule has 7 heteroatoms. The van der Waals surface area contributed by atoms with Crippen LogP contribution >= 0.6 is 22.9 Å². The monoisotopic (exact) mass is 363 g/mol. The summed E-state index contributed by atoms with van der Waals surface area (Å²) < 4.78 is 0. The first-order valence-electron chi connectivity index (χ1n) is 7.75. The van der Waals surface area contributed by atoms with Crippen LogP contribution in [-0.2, 0) is 16.0 Å². The fourth-order valence-electron chi connectivity index (χ4n) is 2.71. The van der Waals surface area contributed by atoms with Crippen molar-refractivity contribution >= 4 is 39.8 Å². The molecule has 1 saturated heterocycles. The van der Waals surface area contributed by atoms with Gasteiger partial charge >= 0.3 is 0 Å². The number of hydrogen-bond donors (Lipinski definition) is 2. The second kappa shape index (κ2) is 7.42. The largest absolute Gasteiger partial charge is 0.305 e. The number of ketones is 1. The van der Waals surface area contributed by atoms with E-state index in [0.29, 0.717) is 24.5 Å². The number of thiazole rings is 1. The minimum absolute atomic E-state index is 0.0761. The van der Waals surface area contributed by atoms with Gasteiger partial charge in [-0.15, -0.1) is 11.3 Å². The fraction of sp³-hybridized carbons (Fsp3) is 0.353. The summed E-state index contributed by atoms with van der Waals surface area (Å²) in [6.07, 6.45) is 2.98. The van der Waals surface area contributed by atoms with Crippen molar-refractivity contribution in [1.82, 2.24) is 10.3 Å². The van der Waals surface area contributed by atoms with Crippen LogP contribution in [0.15, 0.2) is 30.5 Å². The molecule has 1 aromatic carbocycles. The lowest BCUT2D eigenvalue weighted by Gasteiger charge is -2.08. The molecule has 2 unspecified atom stereocenters. The number of aromatic nitrogens is 1. The van der Waals surface area contributed by atoms with Crippen molar-refractivity contribution in [3.05, 3.63) is 45.9 Å². The second-order valence-electron chi connectivity index (χ2n) is 5.89. The Hall–Kier alpha value is -1.76. The van der Waals surface area contributed by atoms with Crippen LogP contribution < -0.4 is 10.6 Å². The van der Waals surface area contributed by atoms with E-state index in [1.165, 1.54) is 11.3 Å². The quantitative estimate of drug-likeness (QED) is 0.856. The summed E-state index contributed by atoms with van der Waals surface area (Å²) in [7, 11) is 0. The Labute approximate surface area is 149 Å². The number of halogens is 1. The summed E-state index contributed by atoms with van der Waals surface area (Å²) in [5.41, 5.74) is 1.03. The van der Waals surface area contributed by atoms with Crippen LogP contribution in [0.5, 0.6) is 0 Å². The fourth-order valence-corrected chi connectivity index (χ4v) is 3.76. The zero-order valence-corrected chi connectivity index (χ0v) is 14.8. The molecule has 2 N–H and O–H groups in total. The smallest absolute Gasteiger partial charge is 0.243 e. The molecule has 2 heterocycles. The van der Waals surface area contributed by atoms with Gasteiger partial charge in [0, 0.05) is 35.0 Å². The van der Waals surface area contributed by atoms with Gasteiger partial charge in [-0.3, -0.25) is 9.59 Å². The summed E-state index contributed by atoms with van der Waals surface area (Å²) in [6.45, 7) is 2.12. The molecule has 1 aliphatic rings. The highest BCUT2D eigenvalue weighted by molar-refractivity contribution is 7.15. The zero-order chi connectivity index (χ0) is 17.1. The molecule has 0 spiro atoms. The Morgan fingerprint density at radius 3 is 2.92 bits per heavy atom. The lowest BCUT2D eigenvalue weighted by Crippen LogP contribution is -2.35. The molecule has 0 bridgehead atoms. The van der Waals surface area contributed by atoms with Crippen LogP contribution in [0.1, 0.15) is 23.8 Å². The number of rotatable bonds is 5. The summed E-state index contributed by atoms with van der Waals surface area (Å²) in [6, 6.07) is 7.34. The number of nitrogens with zero attached hydrogens (tertiary/aromatic N) is 1. The van der Waals surface area contributed by atoms with Crippen molar-refractivity contribution in [3.8, 4) is 0 Å². The Balaban J connectivity index is 1.59. The van der Waals surface area contributed by atoms with Crippen molar-refractivity contribution in [1.29, 1.82) is 0 Å². The summed E-state index contributed by atoms with van der Waals surface area (Å²) >= 11 is 7.60. The van der Waals surface area contributed by atoms with Gasteiger partial charge in [-0.1, -0.05) is 29.8 Å². The van der Waals surface area contributed by atoms with E-state index in [0.717, 1.165) is 15.5 Å². The van der Waals surface area contributed by atoms with Gasteiger partial charge < -0.3 is 10.6 Å². The standard InChI is InChI=1S/C17H18ClN3O2S/c1-10(22)12-7-15(19-8-12)16(23)21-17-20-9-13(24-17)6-11-4-2-3-5-14(11)18/h2-5,9,12,15,19H,6-8H2,1H3,(H,20,21,23). The zero-order valence-electron chi connectivity index (χ0n) is 13.2. The normalized spacial score (nSPS) is 20.1. The molecule has 1 aliphatic heterocycles. The third-order valence-electron chi connectivity index (χ3n) is 4.13. The number of anilines is 1. The SMILES string of the molecule is CC(=O)C1CNC(C(=O)Nc2ncc(Cc3ccccc3Cl)s2)C1. The second-order valence-corrected chi connectivity index (χ2v) is 7.42. The van der Waals surface area contributed by atoms with E-state index in [1.54, 1.807) is 13.1 Å². The molecule has 1 fully saturated rings. The molecule has 2 aromatic rings. The van der Waals surface area contributed by atoms with Crippen LogP contribution in [0.2, 0.25) is 5.02 Å². The number of carbonyl (C=O) groups is 2. The topological polar surface area (TPSA) is 71.1 Å². The highest BCUT2D eigenvalue weighted by Crippen LogP contribution is 2.25. The van der Waals surface area contributed by atoms with Gasteiger partial charge in [-0.05, 0) is 25.0 Å². The third kappa shape index (κ3) is 4.01. The van der Waals surface area contributed by atoms with Crippen LogP contribution in [-0.4, -0.2) is 29.3 Å². The van der Waals surface area contributed by atoms with E-state index in [9.17, 15) is 9.59 Å². The Kier molecular flexibility index (Phi) is 5.28. The molecule has 1 aromatic heterocycles.